The SMILES string of the molecule is CCC1(OC(=O)OC2(CC)CCCCCCC2)CCCCCCC1. The molecule has 0 bridgehead atoms. The third kappa shape index (κ3) is 5.67. The standard InChI is InChI=1S/C21H38O3/c1-3-20(15-11-7-5-8-12-16-20)23-19(22)24-21(4-2)17-13-9-6-10-14-18-21/h3-18H2,1-2H3. The van der Waals surface area contributed by atoms with Crippen molar-refractivity contribution in [1.29, 1.82) is 0 Å². The van der Waals surface area contributed by atoms with E-state index in [0.717, 1.165) is 38.5 Å². The van der Waals surface area contributed by atoms with Crippen LogP contribution >= 0.6 is 0 Å². The molecule has 0 spiro atoms. The summed E-state index contributed by atoms with van der Waals surface area (Å²) in [6.07, 6.45) is 17.8. The fourth-order valence-corrected chi connectivity index (χ4v) is 4.53. The zero-order valence-electron chi connectivity index (χ0n) is 16.0. The van der Waals surface area contributed by atoms with Gasteiger partial charge in [-0.1, -0.05) is 52.4 Å². The molecule has 3 heteroatoms. The maximum Gasteiger partial charge on any atom is 0.509 e. The van der Waals surface area contributed by atoms with Gasteiger partial charge in [0.1, 0.15) is 11.2 Å². The summed E-state index contributed by atoms with van der Waals surface area (Å²) in [5.74, 6) is 0. The Balaban J connectivity index is 1.97. The topological polar surface area (TPSA) is 35.5 Å². The lowest BCUT2D eigenvalue weighted by Gasteiger charge is -2.38. The first-order valence-corrected chi connectivity index (χ1v) is 10.6. The van der Waals surface area contributed by atoms with Gasteiger partial charge in [0.05, 0.1) is 0 Å². The minimum absolute atomic E-state index is 0.284. The Hall–Kier alpha value is -0.730. The van der Waals surface area contributed by atoms with Gasteiger partial charge in [-0.2, -0.15) is 0 Å². The Morgan fingerprint density at radius 1 is 0.625 bits per heavy atom. The van der Waals surface area contributed by atoms with Crippen molar-refractivity contribution in [3.05, 3.63) is 0 Å². The molecule has 2 saturated carbocycles. The molecule has 3 nitrogen and oxygen atoms in total. The first kappa shape index (κ1) is 19.6. The summed E-state index contributed by atoms with van der Waals surface area (Å²) in [6.45, 7) is 4.31. The molecule has 0 aromatic heterocycles. The molecule has 0 atom stereocenters. The molecule has 0 heterocycles. The van der Waals surface area contributed by atoms with Gasteiger partial charge in [0.15, 0.2) is 0 Å². The second kappa shape index (κ2) is 9.68. The number of carbonyl (C=O) groups is 1. The molecule has 0 unspecified atom stereocenters. The summed E-state index contributed by atoms with van der Waals surface area (Å²) in [5.41, 5.74) is -0.567. The molecule has 0 aromatic rings. The number of rotatable bonds is 4. The molecule has 0 aromatic carbocycles. The average molecular weight is 339 g/mol. The Labute approximate surface area is 148 Å². The Morgan fingerprint density at radius 3 is 1.21 bits per heavy atom. The average Bonchev–Trinajstić information content (AvgIpc) is 2.53. The molecule has 2 aliphatic carbocycles. The van der Waals surface area contributed by atoms with Crippen LogP contribution in [0.4, 0.5) is 4.79 Å². The quantitative estimate of drug-likeness (QED) is 0.521. The monoisotopic (exact) mass is 338 g/mol. The summed E-state index contributed by atoms with van der Waals surface area (Å²) in [7, 11) is 0. The molecule has 2 aliphatic rings. The van der Waals surface area contributed by atoms with Crippen LogP contribution in [0.15, 0.2) is 0 Å². The first-order valence-electron chi connectivity index (χ1n) is 10.6. The molecule has 0 N–H and O–H groups in total. The van der Waals surface area contributed by atoms with Gasteiger partial charge in [-0.3, -0.25) is 0 Å². The summed E-state index contributed by atoms with van der Waals surface area (Å²) >= 11 is 0. The zero-order valence-corrected chi connectivity index (χ0v) is 16.0. The predicted molar refractivity (Wildman–Crippen MR) is 98.2 cm³/mol. The second-order valence-electron chi connectivity index (χ2n) is 8.06. The molecule has 24 heavy (non-hydrogen) atoms. The number of ether oxygens (including phenoxy) is 2. The lowest BCUT2D eigenvalue weighted by molar-refractivity contribution is -0.0986. The van der Waals surface area contributed by atoms with Gasteiger partial charge in [-0.25, -0.2) is 4.79 Å². The zero-order chi connectivity index (χ0) is 17.3. The van der Waals surface area contributed by atoms with Crippen LogP contribution in [0.3, 0.4) is 0 Å². The van der Waals surface area contributed by atoms with Gasteiger partial charge >= 0.3 is 6.16 Å². The van der Waals surface area contributed by atoms with Crippen molar-refractivity contribution in [2.75, 3.05) is 0 Å². The third-order valence-electron chi connectivity index (χ3n) is 6.42. The molecule has 0 radical (unpaired) electrons. The molecular weight excluding hydrogens is 300 g/mol. The first-order chi connectivity index (χ1) is 11.6. The van der Waals surface area contributed by atoms with Crippen LogP contribution in [0.25, 0.3) is 0 Å². The van der Waals surface area contributed by atoms with Crippen molar-refractivity contribution in [3.63, 3.8) is 0 Å². The van der Waals surface area contributed by atoms with Crippen LogP contribution in [0.2, 0.25) is 0 Å². The van der Waals surface area contributed by atoms with E-state index in [1.165, 1.54) is 64.2 Å². The van der Waals surface area contributed by atoms with Crippen LogP contribution in [-0.4, -0.2) is 17.4 Å². The van der Waals surface area contributed by atoms with Crippen molar-refractivity contribution in [2.24, 2.45) is 0 Å². The lowest BCUT2D eigenvalue weighted by atomic mass is 9.84. The number of carbonyl (C=O) groups excluding carboxylic acids is 1. The molecule has 140 valence electrons. The maximum absolute atomic E-state index is 12.7. The number of hydrogen-bond acceptors (Lipinski definition) is 3. The van der Waals surface area contributed by atoms with Gasteiger partial charge in [0, 0.05) is 0 Å². The van der Waals surface area contributed by atoms with Gasteiger partial charge in [-0.15, -0.1) is 0 Å². The predicted octanol–water partition coefficient (Wildman–Crippen LogP) is 6.93. The van der Waals surface area contributed by atoms with E-state index in [0.29, 0.717) is 0 Å². The van der Waals surface area contributed by atoms with E-state index >= 15 is 0 Å². The Bertz CT molecular complexity index is 327. The lowest BCUT2D eigenvalue weighted by Crippen LogP contribution is -2.40. The highest BCUT2D eigenvalue weighted by molar-refractivity contribution is 5.61. The van der Waals surface area contributed by atoms with Gasteiger partial charge in [0.2, 0.25) is 0 Å². The van der Waals surface area contributed by atoms with Gasteiger partial charge in [-0.05, 0) is 64.2 Å². The van der Waals surface area contributed by atoms with Crippen molar-refractivity contribution >= 4 is 6.16 Å². The second-order valence-corrected chi connectivity index (χ2v) is 8.06. The largest absolute Gasteiger partial charge is 0.509 e. The fraction of sp³-hybridized carbons (Fsp3) is 0.952. The summed E-state index contributed by atoms with van der Waals surface area (Å²) < 4.78 is 12.0. The highest BCUT2D eigenvalue weighted by Crippen LogP contribution is 2.36. The van der Waals surface area contributed by atoms with E-state index in [4.69, 9.17) is 9.47 Å². The van der Waals surface area contributed by atoms with E-state index < -0.39 is 6.16 Å². The van der Waals surface area contributed by atoms with E-state index in [1.54, 1.807) is 0 Å². The van der Waals surface area contributed by atoms with Crippen molar-refractivity contribution in [3.8, 4) is 0 Å². The minimum atomic E-state index is -0.403. The van der Waals surface area contributed by atoms with Crippen LogP contribution < -0.4 is 0 Å². The number of hydrogen-bond donors (Lipinski definition) is 0. The van der Waals surface area contributed by atoms with Crippen LogP contribution in [0.5, 0.6) is 0 Å². The Morgan fingerprint density at radius 2 is 0.917 bits per heavy atom. The van der Waals surface area contributed by atoms with Crippen LogP contribution in [0, 0.1) is 0 Å². The molecule has 2 fully saturated rings. The molecule has 0 aliphatic heterocycles. The Kier molecular flexibility index (Phi) is 7.90. The van der Waals surface area contributed by atoms with Gasteiger partial charge < -0.3 is 9.47 Å². The van der Waals surface area contributed by atoms with Crippen molar-refractivity contribution in [1.82, 2.24) is 0 Å². The highest BCUT2D eigenvalue weighted by Gasteiger charge is 2.38. The molecule has 0 saturated heterocycles. The molecule has 2 rings (SSSR count). The van der Waals surface area contributed by atoms with Crippen LogP contribution in [-0.2, 0) is 9.47 Å². The van der Waals surface area contributed by atoms with Crippen molar-refractivity contribution in [2.45, 2.75) is 128 Å². The van der Waals surface area contributed by atoms with Crippen LogP contribution in [0.1, 0.15) is 117 Å². The van der Waals surface area contributed by atoms with Crippen molar-refractivity contribution < 1.29 is 14.3 Å². The summed E-state index contributed by atoms with van der Waals surface area (Å²) in [5, 5.41) is 0. The van der Waals surface area contributed by atoms with E-state index in [-0.39, 0.29) is 11.2 Å². The van der Waals surface area contributed by atoms with Gasteiger partial charge in [0.25, 0.3) is 0 Å². The minimum Gasteiger partial charge on any atom is -0.428 e. The smallest absolute Gasteiger partial charge is 0.428 e. The molecular formula is C21H38O3. The van der Waals surface area contributed by atoms with E-state index in [9.17, 15) is 4.79 Å². The summed E-state index contributed by atoms with van der Waals surface area (Å²) in [4.78, 5) is 12.7. The van der Waals surface area contributed by atoms with E-state index in [1.807, 2.05) is 0 Å². The third-order valence-corrected chi connectivity index (χ3v) is 6.42. The van der Waals surface area contributed by atoms with E-state index in [2.05, 4.69) is 13.8 Å². The highest BCUT2D eigenvalue weighted by atomic mass is 16.7. The maximum atomic E-state index is 12.7. The fourth-order valence-electron chi connectivity index (χ4n) is 4.53. The summed E-state index contributed by atoms with van der Waals surface area (Å²) in [6, 6.07) is 0. The normalized spacial score (nSPS) is 24.8. The molecule has 0 amide bonds.